The third-order valence-corrected chi connectivity index (χ3v) is 3.43. The van der Waals surface area contributed by atoms with E-state index in [9.17, 15) is 0 Å². The molecule has 2 heteroatoms. The molecule has 0 aromatic carbocycles. The zero-order valence-corrected chi connectivity index (χ0v) is 10.8. The van der Waals surface area contributed by atoms with Gasteiger partial charge < -0.3 is 10.6 Å². The van der Waals surface area contributed by atoms with Crippen LogP contribution in [0.5, 0.6) is 0 Å². The summed E-state index contributed by atoms with van der Waals surface area (Å²) < 4.78 is 0. The third kappa shape index (κ3) is 6.16. The van der Waals surface area contributed by atoms with Crippen LogP contribution in [0.25, 0.3) is 0 Å². The Morgan fingerprint density at radius 2 is 1.80 bits per heavy atom. The molecule has 0 radical (unpaired) electrons. The van der Waals surface area contributed by atoms with Crippen molar-refractivity contribution in [2.24, 2.45) is 11.7 Å². The van der Waals surface area contributed by atoms with Crippen molar-refractivity contribution in [3.05, 3.63) is 0 Å². The first-order valence-corrected chi connectivity index (χ1v) is 6.45. The summed E-state index contributed by atoms with van der Waals surface area (Å²) in [7, 11) is 2.24. The second-order valence-corrected chi connectivity index (χ2v) is 6.00. The van der Waals surface area contributed by atoms with Crippen LogP contribution in [0.2, 0.25) is 0 Å². The van der Waals surface area contributed by atoms with Gasteiger partial charge in [0, 0.05) is 12.1 Å². The van der Waals surface area contributed by atoms with Crippen molar-refractivity contribution in [2.45, 2.75) is 57.9 Å². The Labute approximate surface area is 95.2 Å². The Hall–Kier alpha value is -0.0800. The molecule has 0 aromatic heterocycles. The molecule has 1 rings (SSSR count). The molecular weight excluding hydrogens is 184 g/mol. The van der Waals surface area contributed by atoms with E-state index in [-0.39, 0.29) is 5.54 Å². The van der Waals surface area contributed by atoms with Crippen molar-refractivity contribution in [1.82, 2.24) is 4.90 Å². The maximum atomic E-state index is 5.99. The van der Waals surface area contributed by atoms with Gasteiger partial charge in [0.25, 0.3) is 0 Å². The summed E-state index contributed by atoms with van der Waals surface area (Å²) >= 11 is 0. The molecule has 0 aliphatic heterocycles. The first-order chi connectivity index (χ1) is 6.97. The Kier molecular flexibility index (Phi) is 5.07. The lowest BCUT2D eigenvalue weighted by Crippen LogP contribution is -2.37. The van der Waals surface area contributed by atoms with E-state index >= 15 is 0 Å². The van der Waals surface area contributed by atoms with Crippen LogP contribution in [-0.2, 0) is 0 Å². The zero-order valence-electron chi connectivity index (χ0n) is 10.8. The molecule has 0 amide bonds. The van der Waals surface area contributed by atoms with E-state index in [0.29, 0.717) is 0 Å². The van der Waals surface area contributed by atoms with E-state index in [1.54, 1.807) is 0 Å². The van der Waals surface area contributed by atoms with E-state index in [1.807, 2.05) is 0 Å². The molecule has 15 heavy (non-hydrogen) atoms. The van der Waals surface area contributed by atoms with Crippen molar-refractivity contribution in [1.29, 1.82) is 0 Å². The summed E-state index contributed by atoms with van der Waals surface area (Å²) in [5, 5.41) is 0. The lowest BCUT2D eigenvalue weighted by molar-refractivity contribution is 0.220. The Morgan fingerprint density at radius 1 is 1.20 bits per heavy atom. The van der Waals surface area contributed by atoms with Crippen LogP contribution in [0.1, 0.15) is 52.4 Å². The van der Waals surface area contributed by atoms with Gasteiger partial charge in [0.2, 0.25) is 0 Å². The number of nitrogens with two attached hydrogens (primary N) is 1. The molecule has 0 bridgehead atoms. The topological polar surface area (TPSA) is 29.3 Å². The van der Waals surface area contributed by atoms with E-state index in [2.05, 4.69) is 25.8 Å². The van der Waals surface area contributed by atoms with Crippen LogP contribution in [0.3, 0.4) is 0 Å². The summed E-state index contributed by atoms with van der Waals surface area (Å²) in [6, 6.07) is 0. The average molecular weight is 212 g/mol. The normalized spacial score (nSPS) is 19.8. The van der Waals surface area contributed by atoms with Gasteiger partial charge >= 0.3 is 0 Å². The van der Waals surface area contributed by atoms with E-state index in [1.165, 1.54) is 38.6 Å². The molecule has 1 aliphatic carbocycles. The van der Waals surface area contributed by atoms with E-state index in [0.717, 1.165) is 18.9 Å². The van der Waals surface area contributed by atoms with Crippen LogP contribution in [0.4, 0.5) is 0 Å². The van der Waals surface area contributed by atoms with Crippen molar-refractivity contribution >= 4 is 0 Å². The number of hydrogen-bond donors (Lipinski definition) is 1. The minimum absolute atomic E-state index is 0.0131. The summed E-state index contributed by atoms with van der Waals surface area (Å²) in [5.74, 6) is 0.949. The van der Waals surface area contributed by atoms with E-state index < -0.39 is 0 Å². The first-order valence-electron chi connectivity index (χ1n) is 6.45. The zero-order chi connectivity index (χ0) is 11.3. The standard InChI is InChI=1S/C13H28N2/c1-13(2,14)9-10-15(3)11-12-7-5-4-6-8-12/h12H,4-11,14H2,1-3H3. The summed E-state index contributed by atoms with van der Waals surface area (Å²) in [4.78, 5) is 2.46. The van der Waals surface area contributed by atoms with Gasteiger partial charge in [-0.2, -0.15) is 0 Å². The predicted octanol–water partition coefficient (Wildman–Crippen LogP) is 2.63. The minimum Gasteiger partial charge on any atom is -0.326 e. The molecule has 1 saturated carbocycles. The highest BCUT2D eigenvalue weighted by molar-refractivity contribution is 4.75. The van der Waals surface area contributed by atoms with Crippen molar-refractivity contribution in [3.8, 4) is 0 Å². The molecule has 2 nitrogen and oxygen atoms in total. The summed E-state index contributed by atoms with van der Waals surface area (Å²) in [6.45, 7) is 6.64. The van der Waals surface area contributed by atoms with Crippen molar-refractivity contribution < 1.29 is 0 Å². The molecule has 2 N–H and O–H groups in total. The quantitative estimate of drug-likeness (QED) is 0.759. The fourth-order valence-corrected chi connectivity index (χ4v) is 2.38. The smallest absolute Gasteiger partial charge is 0.0109 e. The fourth-order valence-electron chi connectivity index (χ4n) is 2.38. The SMILES string of the molecule is CN(CCC(C)(C)N)CC1CCCCC1. The molecule has 0 spiro atoms. The van der Waals surface area contributed by atoms with Gasteiger partial charge in [-0.3, -0.25) is 0 Å². The monoisotopic (exact) mass is 212 g/mol. The lowest BCUT2D eigenvalue weighted by Gasteiger charge is -2.29. The third-order valence-electron chi connectivity index (χ3n) is 3.43. The second kappa shape index (κ2) is 5.86. The highest BCUT2D eigenvalue weighted by Crippen LogP contribution is 2.24. The highest BCUT2D eigenvalue weighted by atomic mass is 15.1. The maximum absolute atomic E-state index is 5.99. The highest BCUT2D eigenvalue weighted by Gasteiger charge is 2.17. The van der Waals surface area contributed by atoms with Crippen LogP contribution in [0, 0.1) is 5.92 Å². The molecule has 90 valence electrons. The number of rotatable bonds is 5. The van der Waals surface area contributed by atoms with Crippen LogP contribution < -0.4 is 5.73 Å². The summed E-state index contributed by atoms with van der Waals surface area (Å²) in [5.41, 5.74) is 5.98. The molecule has 0 aromatic rings. The fraction of sp³-hybridized carbons (Fsp3) is 1.00. The van der Waals surface area contributed by atoms with Gasteiger partial charge in [0.05, 0.1) is 0 Å². The summed E-state index contributed by atoms with van der Waals surface area (Å²) in [6.07, 6.45) is 8.32. The van der Waals surface area contributed by atoms with Gasteiger partial charge in [-0.25, -0.2) is 0 Å². The van der Waals surface area contributed by atoms with Gasteiger partial charge in [-0.05, 0) is 52.6 Å². The van der Waals surface area contributed by atoms with Crippen molar-refractivity contribution in [3.63, 3.8) is 0 Å². The molecule has 0 heterocycles. The van der Waals surface area contributed by atoms with Crippen molar-refractivity contribution in [2.75, 3.05) is 20.1 Å². The molecule has 1 fully saturated rings. The molecule has 0 saturated heterocycles. The van der Waals surface area contributed by atoms with Gasteiger partial charge in [-0.15, -0.1) is 0 Å². The van der Waals surface area contributed by atoms with Crippen LogP contribution >= 0.6 is 0 Å². The molecule has 0 unspecified atom stereocenters. The Bertz CT molecular complexity index is 166. The van der Waals surface area contributed by atoms with Crippen LogP contribution in [-0.4, -0.2) is 30.6 Å². The molecule has 0 atom stereocenters. The largest absolute Gasteiger partial charge is 0.326 e. The van der Waals surface area contributed by atoms with Gasteiger partial charge in [0.1, 0.15) is 0 Å². The van der Waals surface area contributed by atoms with E-state index in [4.69, 9.17) is 5.73 Å². The number of hydrogen-bond acceptors (Lipinski definition) is 2. The minimum atomic E-state index is -0.0131. The average Bonchev–Trinajstić information content (AvgIpc) is 2.15. The Balaban J connectivity index is 2.14. The Morgan fingerprint density at radius 3 is 2.33 bits per heavy atom. The maximum Gasteiger partial charge on any atom is 0.0109 e. The first kappa shape index (κ1) is 13.0. The molecular formula is C13H28N2. The predicted molar refractivity (Wildman–Crippen MR) is 67.0 cm³/mol. The lowest BCUT2D eigenvalue weighted by atomic mass is 9.89. The van der Waals surface area contributed by atoms with Crippen LogP contribution in [0.15, 0.2) is 0 Å². The second-order valence-electron chi connectivity index (χ2n) is 6.00. The number of nitrogens with zero attached hydrogens (tertiary/aromatic N) is 1. The van der Waals surface area contributed by atoms with Gasteiger partial charge in [-0.1, -0.05) is 19.3 Å². The van der Waals surface area contributed by atoms with Gasteiger partial charge in [0.15, 0.2) is 0 Å². The molecule has 1 aliphatic rings.